The molecular weight excluding hydrogens is 188 g/mol. The third kappa shape index (κ3) is 1.46. The van der Waals surface area contributed by atoms with Crippen LogP contribution in [0, 0.1) is 6.92 Å². The molecule has 0 atom stereocenters. The molecule has 0 radical (unpaired) electrons. The number of rotatable bonds is 0. The minimum absolute atomic E-state index is 0.570. The lowest BCUT2D eigenvalue weighted by Crippen LogP contribution is -2.29. The van der Waals surface area contributed by atoms with Crippen molar-refractivity contribution in [2.24, 2.45) is 0 Å². The molecule has 1 aliphatic heterocycles. The van der Waals surface area contributed by atoms with Crippen LogP contribution in [-0.4, -0.2) is 5.79 Å². The van der Waals surface area contributed by atoms with Gasteiger partial charge in [0.25, 0.3) is 0 Å². The van der Waals surface area contributed by atoms with Gasteiger partial charge in [-0.1, -0.05) is 11.6 Å². The lowest BCUT2D eigenvalue weighted by atomic mass is 10.2. The van der Waals surface area contributed by atoms with Crippen LogP contribution in [0.25, 0.3) is 0 Å². The summed E-state index contributed by atoms with van der Waals surface area (Å²) in [6.07, 6.45) is 0. The Morgan fingerprint density at radius 2 is 1.69 bits per heavy atom. The fourth-order valence-corrected chi connectivity index (χ4v) is 1.50. The topological polar surface area (TPSA) is 18.5 Å². The molecule has 2 rings (SSSR count). The zero-order valence-corrected chi connectivity index (χ0v) is 8.61. The van der Waals surface area contributed by atoms with E-state index in [0.717, 1.165) is 17.1 Å². The summed E-state index contributed by atoms with van der Waals surface area (Å²) in [5, 5.41) is 0.708. The van der Waals surface area contributed by atoms with E-state index in [1.807, 2.05) is 26.8 Å². The first-order valence-corrected chi connectivity index (χ1v) is 4.54. The maximum Gasteiger partial charge on any atom is 0.246 e. The Bertz CT molecular complexity index is 325. The van der Waals surface area contributed by atoms with E-state index in [1.165, 1.54) is 0 Å². The monoisotopic (exact) mass is 198 g/mol. The fourth-order valence-electron chi connectivity index (χ4n) is 1.35. The summed E-state index contributed by atoms with van der Waals surface area (Å²) in [5.41, 5.74) is 1.00. The Morgan fingerprint density at radius 1 is 1.15 bits per heavy atom. The first-order valence-electron chi connectivity index (χ1n) is 4.16. The van der Waals surface area contributed by atoms with Crippen molar-refractivity contribution in [1.82, 2.24) is 0 Å². The SMILES string of the molecule is Cc1cc2c(cc1Cl)OC(C)(C)O2. The highest BCUT2D eigenvalue weighted by Gasteiger charge is 2.31. The average molecular weight is 199 g/mol. The molecule has 0 unspecified atom stereocenters. The highest BCUT2D eigenvalue weighted by Crippen LogP contribution is 2.41. The summed E-state index contributed by atoms with van der Waals surface area (Å²) in [6.45, 7) is 5.68. The number of halogens is 1. The van der Waals surface area contributed by atoms with Gasteiger partial charge in [0, 0.05) is 24.9 Å². The van der Waals surface area contributed by atoms with Gasteiger partial charge >= 0.3 is 0 Å². The molecule has 1 aliphatic rings. The van der Waals surface area contributed by atoms with Crippen LogP contribution in [0.2, 0.25) is 5.02 Å². The molecule has 1 aromatic carbocycles. The van der Waals surface area contributed by atoms with Gasteiger partial charge in [-0.3, -0.25) is 0 Å². The summed E-state index contributed by atoms with van der Waals surface area (Å²) < 4.78 is 11.1. The van der Waals surface area contributed by atoms with Crippen molar-refractivity contribution in [2.75, 3.05) is 0 Å². The third-order valence-corrected chi connectivity index (χ3v) is 2.34. The van der Waals surface area contributed by atoms with Crippen molar-refractivity contribution in [1.29, 1.82) is 0 Å². The first kappa shape index (κ1) is 8.70. The van der Waals surface area contributed by atoms with Crippen LogP contribution in [0.4, 0.5) is 0 Å². The Labute approximate surface area is 82.4 Å². The summed E-state index contributed by atoms with van der Waals surface area (Å²) >= 11 is 5.95. The van der Waals surface area contributed by atoms with Crippen LogP contribution >= 0.6 is 11.6 Å². The van der Waals surface area contributed by atoms with Crippen LogP contribution in [0.3, 0.4) is 0 Å². The molecule has 0 fully saturated rings. The van der Waals surface area contributed by atoms with Gasteiger partial charge in [0.1, 0.15) is 0 Å². The van der Waals surface area contributed by atoms with Gasteiger partial charge in [0.2, 0.25) is 5.79 Å². The zero-order valence-electron chi connectivity index (χ0n) is 7.85. The molecule has 0 spiro atoms. The fraction of sp³-hybridized carbons (Fsp3) is 0.400. The summed E-state index contributed by atoms with van der Waals surface area (Å²) in [5.74, 6) is 0.923. The molecule has 0 bridgehead atoms. The van der Waals surface area contributed by atoms with Gasteiger partial charge in [-0.15, -0.1) is 0 Å². The molecular formula is C10H11ClO2. The van der Waals surface area contributed by atoms with E-state index < -0.39 is 5.79 Å². The molecule has 2 nitrogen and oxygen atoms in total. The number of aryl methyl sites for hydroxylation is 1. The van der Waals surface area contributed by atoms with Gasteiger partial charge in [0.15, 0.2) is 11.5 Å². The second-order valence-corrected chi connectivity index (χ2v) is 4.06. The largest absolute Gasteiger partial charge is 0.449 e. The van der Waals surface area contributed by atoms with Gasteiger partial charge in [-0.05, 0) is 18.6 Å². The molecule has 0 aliphatic carbocycles. The maximum atomic E-state index is 5.95. The third-order valence-electron chi connectivity index (χ3n) is 1.94. The molecule has 0 saturated carbocycles. The Hall–Kier alpha value is -0.890. The molecule has 1 aromatic rings. The average Bonchev–Trinajstić information content (AvgIpc) is 2.24. The number of hydrogen-bond acceptors (Lipinski definition) is 2. The van der Waals surface area contributed by atoms with Crippen molar-refractivity contribution >= 4 is 11.6 Å². The van der Waals surface area contributed by atoms with Gasteiger partial charge < -0.3 is 9.47 Å². The van der Waals surface area contributed by atoms with E-state index >= 15 is 0 Å². The predicted molar refractivity (Wildman–Crippen MR) is 51.5 cm³/mol. The van der Waals surface area contributed by atoms with Crippen molar-refractivity contribution < 1.29 is 9.47 Å². The number of ether oxygens (including phenoxy) is 2. The van der Waals surface area contributed by atoms with E-state index in [9.17, 15) is 0 Å². The highest BCUT2D eigenvalue weighted by atomic mass is 35.5. The Morgan fingerprint density at radius 3 is 2.31 bits per heavy atom. The van der Waals surface area contributed by atoms with Gasteiger partial charge in [-0.2, -0.15) is 0 Å². The van der Waals surface area contributed by atoms with E-state index in [1.54, 1.807) is 6.07 Å². The molecule has 0 amide bonds. The standard InChI is InChI=1S/C10H11ClO2/c1-6-4-8-9(5-7(6)11)13-10(2,3)12-8/h4-5H,1-3H3. The van der Waals surface area contributed by atoms with Crippen LogP contribution in [0.15, 0.2) is 12.1 Å². The Balaban J connectivity index is 2.48. The number of benzene rings is 1. The van der Waals surface area contributed by atoms with Crippen molar-refractivity contribution in [2.45, 2.75) is 26.6 Å². The second-order valence-electron chi connectivity index (χ2n) is 3.65. The minimum Gasteiger partial charge on any atom is -0.449 e. The summed E-state index contributed by atoms with van der Waals surface area (Å²) in [6, 6.07) is 3.69. The van der Waals surface area contributed by atoms with E-state index in [0.29, 0.717) is 5.02 Å². The predicted octanol–water partition coefficient (Wildman–Crippen LogP) is 3.16. The summed E-state index contributed by atoms with van der Waals surface area (Å²) in [7, 11) is 0. The molecule has 1 heterocycles. The maximum absolute atomic E-state index is 5.95. The quantitative estimate of drug-likeness (QED) is 0.638. The smallest absolute Gasteiger partial charge is 0.246 e. The van der Waals surface area contributed by atoms with E-state index in [4.69, 9.17) is 21.1 Å². The lowest BCUT2D eigenvalue weighted by molar-refractivity contribution is -0.0431. The Kier molecular flexibility index (Phi) is 1.70. The summed E-state index contributed by atoms with van der Waals surface area (Å²) in [4.78, 5) is 0. The molecule has 3 heteroatoms. The molecule has 0 saturated heterocycles. The zero-order chi connectivity index (χ0) is 9.64. The van der Waals surface area contributed by atoms with Crippen LogP contribution in [0.1, 0.15) is 19.4 Å². The van der Waals surface area contributed by atoms with E-state index in [-0.39, 0.29) is 0 Å². The van der Waals surface area contributed by atoms with Crippen molar-refractivity contribution in [3.63, 3.8) is 0 Å². The van der Waals surface area contributed by atoms with Crippen molar-refractivity contribution in [3.05, 3.63) is 22.7 Å². The highest BCUT2D eigenvalue weighted by molar-refractivity contribution is 6.31. The molecule has 70 valence electrons. The lowest BCUT2D eigenvalue weighted by Gasteiger charge is -2.16. The van der Waals surface area contributed by atoms with E-state index in [2.05, 4.69) is 0 Å². The van der Waals surface area contributed by atoms with Gasteiger partial charge in [-0.25, -0.2) is 0 Å². The number of fused-ring (bicyclic) bond motifs is 1. The molecule has 0 aromatic heterocycles. The van der Waals surface area contributed by atoms with Gasteiger partial charge in [0.05, 0.1) is 0 Å². The second kappa shape index (κ2) is 2.55. The normalized spacial score (nSPS) is 17.5. The van der Waals surface area contributed by atoms with Crippen LogP contribution < -0.4 is 9.47 Å². The first-order chi connectivity index (χ1) is 5.98. The number of hydrogen-bond donors (Lipinski definition) is 0. The minimum atomic E-state index is -0.570. The van der Waals surface area contributed by atoms with Crippen LogP contribution in [-0.2, 0) is 0 Å². The molecule has 13 heavy (non-hydrogen) atoms. The molecule has 0 N–H and O–H groups in total. The van der Waals surface area contributed by atoms with Crippen molar-refractivity contribution in [3.8, 4) is 11.5 Å². The van der Waals surface area contributed by atoms with Crippen LogP contribution in [0.5, 0.6) is 11.5 Å².